The van der Waals surface area contributed by atoms with Crippen LogP contribution in [-0.4, -0.2) is 33.5 Å². The summed E-state index contributed by atoms with van der Waals surface area (Å²) in [4.78, 5) is 15.8. The third kappa shape index (κ3) is 1.99. The molecule has 6 heteroatoms. The first kappa shape index (κ1) is 11.3. The number of aromatic nitrogens is 3. The highest BCUT2D eigenvalue weighted by atomic mass is 32.2. The van der Waals surface area contributed by atoms with E-state index in [1.54, 1.807) is 7.11 Å². The summed E-state index contributed by atoms with van der Waals surface area (Å²) in [6.07, 6.45) is 0.623. The number of hydrogen-bond donors (Lipinski definition) is 0. The van der Waals surface area contributed by atoms with E-state index >= 15 is 0 Å². The van der Waals surface area contributed by atoms with Gasteiger partial charge in [0.25, 0.3) is 5.91 Å². The van der Waals surface area contributed by atoms with Crippen molar-refractivity contribution in [2.24, 2.45) is 0 Å². The number of ether oxygens (including phenoxy) is 1. The highest BCUT2D eigenvalue weighted by molar-refractivity contribution is 8.00. The van der Waals surface area contributed by atoms with Gasteiger partial charge in [-0.05, 0) is 17.7 Å². The van der Waals surface area contributed by atoms with Gasteiger partial charge in [0, 0.05) is 6.42 Å². The molecule has 0 atom stereocenters. The van der Waals surface area contributed by atoms with Crippen LogP contribution >= 0.6 is 11.8 Å². The van der Waals surface area contributed by atoms with E-state index in [-0.39, 0.29) is 5.91 Å². The van der Waals surface area contributed by atoms with Crippen molar-refractivity contribution in [2.75, 3.05) is 12.9 Å². The molecule has 18 heavy (non-hydrogen) atoms. The van der Waals surface area contributed by atoms with E-state index in [2.05, 4.69) is 10.1 Å². The van der Waals surface area contributed by atoms with E-state index in [1.165, 1.54) is 16.4 Å². The Hall–Kier alpha value is -1.82. The van der Waals surface area contributed by atoms with E-state index in [0.29, 0.717) is 23.2 Å². The van der Waals surface area contributed by atoms with Crippen molar-refractivity contribution < 1.29 is 9.53 Å². The molecule has 1 aliphatic heterocycles. The molecule has 0 amide bonds. The molecule has 0 N–H and O–H groups in total. The van der Waals surface area contributed by atoms with Crippen LogP contribution in [-0.2, 0) is 6.42 Å². The summed E-state index contributed by atoms with van der Waals surface area (Å²) in [5.41, 5.74) is 1.09. The van der Waals surface area contributed by atoms with E-state index in [4.69, 9.17) is 4.74 Å². The van der Waals surface area contributed by atoms with Crippen molar-refractivity contribution in [3.05, 3.63) is 35.7 Å². The number of nitrogens with zero attached hydrogens (tertiary/aromatic N) is 3. The molecule has 2 aromatic rings. The zero-order valence-corrected chi connectivity index (χ0v) is 10.6. The van der Waals surface area contributed by atoms with Crippen molar-refractivity contribution in [1.29, 1.82) is 0 Å². The van der Waals surface area contributed by atoms with E-state index in [9.17, 15) is 4.79 Å². The molecule has 0 bridgehead atoms. The molecule has 2 heterocycles. The SMILES string of the molecule is COc1ccc(Cc2nc3n(n2)C(=O)CS3)cc1. The largest absolute Gasteiger partial charge is 0.497 e. The summed E-state index contributed by atoms with van der Waals surface area (Å²) in [5, 5.41) is 4.91. The van der Waals surface area contributed by atoms with Crippen LogP contribution in [0.5, 0.6) is 5.75 Å². The molecule has 0 saturated carbocycles. The maximum Gasteiger partial charge on any atom is 0.259 e. The molecule has 1 aromatic carbocycles. The fourth-order valence-electron chi connectivity index (χ4n) is 1.78. The van der Waals surface area contributed by atoms with Crippen LogP contribution in [0, 0.1) is 0 Å². The molecule has 1 aliphatic rings. The van der Waals surface area contributed by atoms with Crippen LogP contribution in [0.15, 0.2) is 29.4 Å². The van der Waals surface area contributed by atoms with Crippen LogP contribution in [0.3, 0.4) is 0 Å². The second-order valence-corrected chi connectivity index (χ2v) is 4.87. The van der Waals surface area contributed by atoms with E-state index < -0.39 is 0 Å². The zero-order valence-electron chi connectivity index (χ0n) is 9.79. The molecule has 5 nitrogen and oxygen atoms in total. The number of carbonyl (C=O) groups excluding carboxylic acids is 1. The first-order chi connectivity index (χ1) is 8.76. The molecular formula is C12H11N3O2S. The Kier molecular flexibility index (Phi) is 2.79. The second-order valence-electron chi connectivity index (χ2n) is 3.93. The number of hydrogen-bond acceptors (Lipinski definition) is 5. The van der Waals surface area contributed by atoms with Crippen molar-refractivity contribution in [3.8, 4) is 5.75 Å². The zero-order chi connectivity index (χ0) is 12.5. The first-order valence-electron chi connectivity index (χ1n) is 5.51. The smallest absolute Gasteiger partial charge is 0.259 e. The monoisotopic (exact) mass is 261 g/mol. The minimum absolute atomic E-state index is 0.00322. The first-order valence-corrected chi connectivity index (χ1v) is 6.49. The Labute approximate surface area is 108 Å². The number of thioether (sulfide) groups is 1. The van der Waals surface area contributed by atoms with Gasteiger partial charge < -0.3 is 4.74 Å². The van der Waals surface area contributed by atoms with Crippen molar-refractivity contribution >= 4 is 17.7 Å². The van der Waals surface area contributed by atoms with Gasteiger partial charge in [-0.25, -0.2) is 4.98 Å². The lowest BCUT2D eigenvalue weighted by atomic mass is 10.1. The fraction of sp³-hybridized carbons (Fsp3) is 0.250. The number of carbonyl (C=O) groups is 1. The Morgan fingerprint density at radius 1 is 1.39 bits per heavy atom. The minimum atomic E-state index is 0.00322. The molecule has 0 unspecified atom stereocenters. The predicted octanol–water partition coefficient (Wildman–Crippen LogP) is 1.62. The van der Waals surface area contributed by atoms with Gasteiger partial charge in [-0.2, -0.15) is 4.68 Å². The summed E-state index contributed by atoms with van der Waals surface area (Å²) >= 11 is 1.43. The lowest BCUT2D eigenvalue weighted by Gasteiger charge is -2.01. The van der Waals surface area contributed by atoms with Gasteiger partial charge in [-0.3, -0.25) is 4.79 Å². The summed E-state index contributed by atoms with van der Waals surface area (Å²) in [7, 11) is 1.64. The lowest BCUT2D eigenvalue weighted by Crippen LogP contribution is -2.09. The average Bonchev–Trinajstić information content (AvgIpc) is 2.93. The lowest BCUT2D eigenvalue weighted by molar-refractivity contribution is 0.0923. The number of methoxy groups -OCH3 is 1. The van der Waals surface area contributed by atoms with Gasteiger partial charge >= 0.3 is 0 Å². The topological polar surface area (TPSA) is 57.0 Å². The van der Waals surface area contributed by atoms with E-state index in [1.807, 2.05) is 24.3 Å². The van der Waals surface area contributed by atoms with Gasteiger partial charge in [0.05, 0.1) is 12.9 Å². The number of benzene rings is 1. The Bertz CT molecular complexity index is 592. The summed E-state index contributed by atoms with van der Waals surface area (Å²) in [5.74, 6) is 1.95. The Balaban J connectivity index is 1.80. The summed E-state index contributed by atoms with van der Waals surface area (Å²) in [6, 6.07) is 7.75. The third-order valence-corrected chi connectivity index (χ3v) is 3.62. The minimum Gasteiger partial charge on any atom is -0.497 e. The standard InChI is InChI=1S/C12H11N3O2S/c1-17-9-4-2-8(3-5-9)6-10-13-12-15(14-10)11(16)7-18-12/h2-5H,6-7H2,1H3. The van der Waals surface area contributed by atoms with Crippen molar-refractivity contribution in [1.82, 2.24) is 14.8 Å². The second kappa shape index (κ2) is 4.45. The van der Waals surface area contributed by atoms with Gasteiger partial charge in [0.1, 0.15) is 5.75 Å². The molecular weight excluding hydrogens is 250 g/mol. The molecule has 0 fully saturated rings. The maximum atomic E-state index is 11.4. The normalized spacial score (nSPS) is 13.7. The maximum absolute atomic E-state index is 11.4. The molecule has 0 aliphatic carbocycles. The van der Waals surface area contributed by atoms with Gasteiger partial charge in [-0.1, -0.05) is 23.9 Å². The molecule has 0 saturated heterocycles. The van der Waals surface area contributed by atoms with Gasteiger partial charge in [-0.15, -0.1) is 5.10 Å². The van der Waals surface area contributed by atoms with Crippen LogP contribution in [0.4, 0.5) is 0 Å². The van der Waals surface area contributed by atoms with Gasteiger partial charge in [0.2, 0.25) is 0 Å². The summed E-state index contributed by atoms with van der Waals surface area (Å²) in [6.45, 7) is 0. The van der Waals surface area contributed by atoms with Crippen LogP contribution in [0.1, 0.15) is 16.2 Å². The third-order valence-electron chi connectivity index (χ3n) is 2.70. The van der Waals surface area contributed by atoms with Crippen molar-refractivity contribution in [3.63, 3.8) is 0 Å². The molecule has 1 aromatic heterocycles. The average molecular weight is 261 g/mol. The predicted molar refractivity (Wildman–Crippen MR) is 67.2 cm³/mol. The van der Waals surface area contributed by atoms with Crippen molar-refractivity contribution in [2.45, 2.75) is 11.6 Å². The van der Waals surface area contributed by atoms with Crippen LogP contribution in [0.25, 0.3) is 0 Å². The van der Waals surface area contributed by atoms with E-state index in [0.717, 1.165) is 11.3 Å². The fourth-order valence-corrected chi connectivity index (χ4v) is 2.59. The quantitative estimate of drug-likeness (QED) is 0.840. The van der Waals surface area contributed by atoms with Crippen LogP contribution < -0.4 is 4.74 Å². The molecule has 0 radical (unpaired) electrons. The Morgan fingerprint density at radius 2 is 2.17 bits per heavy atom. The molecule has 3 rings (SSSR count). The highest BCUT2D eigenvalue weighted by Gasteiger charge is 2.23. The van der Waals surface area contributed by atoms with Gasteiger partial charge in [0.15, 0.2) is 11.0 Å². The number of fused-ring (bicyclic) bond motifs is 1. The number of rotatable bonds is 3. The molecule has 0 spiro atoms. The van der Waals surface area contributed by atoms with Crippen LogP contribution in [0.2, 0.25) is 0 Å². The highest BCUT2D eigenvalue weighted by Crippen LogP contribution is 2.23. The molecule has 92 valence electrons. The summed E-state index contributed by atoms with van der Waals surface area (Å²) < 4.78 is 6.49. The Morgan fingerprint density at radius 3 is 2.83 bits per heavy atom.